The Morgan fingerprint density at radius 1 is 1.33 bits per heavy atom. The molecule has 18 heavy (non-hydrogen) atoms. The number of hydrogen-bond acceptors (Lipinski definition) is 3. The Hall–Kier alpha value is -0.420. The fourth-order valence-electron chi connectivity index (χ4n) is 1.75. The van der Waals surface area contributed by atoms with Gasteiger partial charge in [0, 0.05) is 11.0 Å². The molecule has 0 amide bonds. The third-order valence-electron chi connectivity index (χ3n) is 2.78. The van der Waals surface area contributed by atoms with Gasteiger partial charge in [0.1, 0.15) is 0 Å². The van der Waals surface area contributed by atoms with Crippen LogP contribution in [0.3, 0.4) is 0 Å². The molecular weight excluding hydrogens is 292 g/mol. The summed E-state index contributed by atoms with van der Waals surface area (Å²) in [5, 5.41) is 13.3. The van der Waals surface area contributed by atoms with Crippen molar-refractivity contribution in [3.05, 3.63) is 34.3 Å². The van der Waals surface area contributed by atoms with Gasteiger partial charge in [-0.1, -0.05) is 28.1 Å². The average Bonchev–Trinajstić information content (AvgIpc) is 2.33. The first-order valence-corrected chi connectivity index (χ1v) is 7.18. The van der Waals surface area contributed by atoms with Crippen LogP contribution in [0.15, 0.2) is 28.7 Å². The minimum atomic E-state index is -0.434. The Labute approximate surface area is 118 Å². The van der Waals surface area contributed by atoms with Gasteiger partial charge in [-0.3, -0.25) is 0 Å². The molecule has 3 nitrogen and oxygen atoms in total. The van der Waals surface area contributed by atoms with E-state index >= 15 is 0 Å². The summed E-state index contributed by atoms with van der Waals surface area (Å²) in [4.78, 5) is 2.19. The summed E-state index contributed by atoms with van der Waals surface area (Å²) < 4.78 is 1.00. The van der Waals surface area contributed by atoms with E-state index in [1.165, 1.54) is 6.42 Å². The maximum Gasteiger partial charge on any atom is 0.0914 e. The van der Waals surface area contributed by atoms with Crippen LogP contribution in [-0.4, -0.2) is 43.7 Å². The number of aliphatic hydroxyl groups is 1. The second kappa shape index (κ2) is 8.64. The van der Waals surface area contributed by atoms with Gasteiger partial charge in [-0.2, -0.15) is 0 Å². The number of aliphatic hydroxyl groups excluding tert-OH is 1. The molecule has 0 spiro atoms. The van der Waals surface area contributed by atoms with Crippen LogP contribution in [0.1, 0.15) is 24.5 Å². The number of benzene rings is 1. The largest absolute Gasteiger partial charge is 0.387 e. The molecule has 0 radical (unpaired) electrons. The van der Waals surface area contributed by atoms with E-state index in [9.17, 15) is 5.11 Å². The molecule has 1 atom stereocenters. The van der Waals surface area contributed by atoms with E-state index in [2.05, 4.69) is 40.2 Å². The molecule has 1 rings (SSSR count). The highest BCUT2D eigenvalue weighted by Crippen LogP contribution is 2.17. The summed E-state index contributed by atoms with van der Waals surface area (Å²) in [5.74, 6) is 0. The first-order chi connectivity index (χ1) is 8.59. The van der Waals surface area contributed by atoms with E-state index in [-0.39, 0.29) is 0 Å². The van der Waals surface area contributed by atoms with Gasteiger partial charge in [0.2, 0.25) is 0 Å². The van der Waals surface area contributed by atoms with Crippen molar-refractivity contribution in [1.82, 2.24) is 10.2 Å². The van der Waals surface area contributed by atoms with Crippen molar-refractivity contribution in [2.75, 3.05) is 33.7 Å². The zero-order chi connectivity index (χ0) is 13.4. The maximum absolute atomic E-state index is 10.00. The number of rotatable bonds is 8. The molecule has 0 saturated carbocycles. The van der Waals surface area contributed by atoms with Crippen molar-refractivity contribution < 1.29 is 5.11 Å². The van der Waals surface area contributed by atoms with Crippen LogP contribution in [0.5, 0.6) is 0 Å². The molecule has 0 bridgehead atoms. The van der Waals surface area contributed by atoms with Crippen LogP contribution >= 0.6 is 15.9 Å². The van der Waals surface area contributed by atoms with E-state index in [1.807, 2.05) is 24.3 Å². The maximum atomic E-state index is 10.00. The van der Waals surface area contributed by atoms with Crippen molar-refractivity contribution in [2.24, 2.45) is 0 Å². The number of hydrogen-bond donors (Lipinski definition) is 2. The lowest BCUT2D eigenvalue weighted by Crippen LogP contribution is -2.23. The first kappa shape index (κ1) is 15.6. The highest BCUT2D eigenvalue weighted by atomic mass is 79.9. The highest BCUT2D eigenvalue weighted by molar-refractivity contribution is 9.10. The van der Waals surface area contributed by atoms with Crippen LogP contribution in [0, 0.1) is 0 Å². The fraction of sp³-hybridized carbons (Fsp3) is 0.571. The molecule has 1 unspecified atom stereocenters. The molecule has 4 heteroatoms. The molecule has 1 aromatic carbocycles. The van der Waals surface area contributed by atoms with Crippen molar-refractivity contribution in [3.8, 4) is 0 Å². The van der Waals surface area contributed by atoms with Gasteiger partial charge >= 0.3 is 0 Å². The summed E-state index contributed by atoms with van der Waals surface area (Å²) in [5.41, 5.74) is 0.949. The van der Waals surface area contributed by atoms with Crippen molar-refractivity contribution in [3.63, 3.8) is 0 Å². The zero-order valence-corrected chi connectivity index (χ0v) is 12.8. The summed E-state index contributed by atoms with van der Waals surface area (Å²) in [6, 6.07) is 7.81. The molecule has 0 aliphatic rings. The third kappa shape index (κ3) is 6.50. The highest BCUT2D eigenvalue weighted by Gasteiger charge is 2.06. The standard InChI is InChI=1S/C14H23BrN2O/c1-17(2)9-4-3-8-16-11-14(18)12-6-5-7-13(15)10-12/h5-7,10,14,16,18H,3-4,8-9,11H2,1-2H3. The van der Waals surface area contributed by atoms with Crippen LogP contribution in [0.25, 0.3) is 0 Å². The van der Waals surface area contributed by atoms with E-state index in [1.54, 1.807) is 0 Å². The first-order valence-electron chi connectivity index (χ1n) is 6.38. The third-order valence-corrected chi connectivity index (χ3v) is 3.27. The minimum Gasteiger partial charge on any atom is -0.387 e. The molecule has 0 fully saturated rings. The van der Waals surface area contributed by atoms with Crippen LogP contribution in [-0.2, 0) is 0 Å². The van der Waals surface area contributed by atoms with E-state index in [0.29, 0.717) is 6.54 Å². The summed E-state index contributed by atoms with van der Waals surface area (Å²) in [6.45, 7) is 2.69. The normalized spacial score (nSPS) is 12.9. The van der Waals surface area contributed by atoms with Gasteiger partial charge < -0.3 is 15.3 Å². The van der Waals surface area contributed by atoms with E-state index < -0.39 is 6.10 Å². The Bertz CT molecular complexity index is 344. The Morgan fingerprint density at radius 3 is 2.78 bits per heavy atom. The van der Waals surface area contributed by atoms with Gasteiger partial charge in [-0.25, -0.2) is 0 Å². The molecule has 1 aromatic rings. The van der Waals surface area contributed by atoms with Crippen molar-refractivity contribution in [1.29, 1.82) is 0 Å². The Balaban J connectivity index is 2.15. The predicted octanol–water partition coefficient (Wildman–Crippen LogP) is 2.41. The monoisotopic (exact) mass is 314 g/mol. The van der Waals surface area contributed by atoms with Gasteiger partial charge in [0.15, 0.2) is 0 Å². The predicted molar refractivity (Wildman–Crippen MR) is 79.8 cm³/mol. The molecule has 0 aliphatic carbocycles. The second-order valence-electron chi connectivity index (χ2n) is 4.79. The van der Waals surface area contributed by atoms with Gasteiger partial charge in [0.25, 0.3) is 0 Å². The van der Waals surface area contributed by atoms with Crippen LogP contribution < -0.4 is 5.32 Å². The Kier molecular flexibility index (Phi) is 7.51. The van der Waals surface area contributed by atoms with Gasteiger partial charge in [-0.05, 0) is 57.7 Å². The molecule has 2 N–H and O–H groups in total. The van der Waals surface area contributed by atoms with Crippen molar-refractivity contribution in [2.45, 2.75) is 18.9 Å². The Morgan fingerprint density at radius 2 is 2.11 bits per heavy atom. The topological polar surface area (TPSA) is 35.5 Å². The van der Waals surface area contributed by atoms with Gasteiger partial charge in [0.05, 0.1) is 6.10 Å². The van der Waals surface area contributed by atoms with Crippen LogP contribution in [0.2, 0.25) is 0 Å². The second-order valence-corrected chi connectivity index (χ2v) is 5.70. The lowest BCUT2D eigenvalue weighted by Gasteiger charge is -2.13. The summed E-state index contributed by atoms with van der Waals surface area (Å²) in [6.07, 6.45) is 1.90. The molecule has 102 valence electrons. The molecule has 0 heterocycles. The SMILES string of the molecule is CN(C)CCCCNCC(O)c1cccc(Br)c1. The lowest BCUT2D eigenvalue weighted by molar-refractivity contribution is 0.174. The minimum absolute atomic E-state index is 0.434. The summed E-state index contributed by atoms with van der Waals surface area (Å²) in [7, 11) is 4.18. The quantitative estimate of drug-likeness (QED) is 0.723. The van der Waals surface area contributed by atoms with Crippen LogP contribution in [0.4, 0.5) is 0 Å². The van der Waals surface area contributed by atoms with Gasteiger partial charge in [-0.15, -0.1) is 0 Å². The van der Waals surface area contributed by atoms with Crippen molar-refractivity contribution >= 4 is 15.9 Å². The molecule has 0 aromatic heterocycles. The van der Waals surface area contributed by atoms with E-state index in [4.69, 9.17) is 0 Å². The number of nitrogens with one attached hydrogen (secondary N) is 1. The smallest absolute Gasteiger partial charge is 0.0914 e. The molecular formula is C14H23BrN2O. The average molecular weight is 315 g/mol. The van der Waals surface area contributed by atoms with E-state index in [0.717, 1.165) is 29.5 Å². The number of unbranched alkanes of at least 4 members (excludes halogenated alkanes) is 1. The fourth-order valence-corrected chi connectivity index (χ4v) is 2.17. The zero-order valence-electron chi connectivity index (χ0n) is 11.2. The number of halogens is 1. The molecule has 0 saturated heterocycles. The molecule has 0 aliphatic heterocycles. The number of nitrogens with zero attached hydrogens (tertiary/aromatic N) is 1. The lowest BCUT2D eigenvalue weighted by atomic mass is 10.1. The summed E-state index contributed by atoms with van der Waals surface area (Å²) >= 11 is 3.41.